The molecule has 3 heteroatoms. The van der Waals surface area contributed by atoms with Gasteiger partial charge in [0.15, 0.2) is 0 Å². The Balaban J connectivity index is 0.000000121. The highest BCUT2D eigenvalue weighted by Crippen LogP contribution is 2.51. The Morgan fingerprint density at radius 3 is 0.846 bits per heavy atom. The zero-order valence-corrected chi connectivity index (χ0v) is 59.6. The van der Waals surface area contributed by atoms with Gasteiger partial charge in [0, 0.05) is 32.6 Å². The third-order valence-electron chi connectivity index (χ3n) is 20.1. The molecule has 1 aliphatic rings. The number of hydrogen-bond donors (Lipinski definition) is 2. The van der Waals surface area contributed by atoms with Gasteiger partial charge in [0.05, 0.1) is 0 Å². The van der Waals surface area contributed by atoms with Gasteiger partial charge in [-0.25, -0.2) is 0 Å². The summed E-state index contributed by atoms with van der Waals surface area (Å²) in [7, 11) is 0. The predicted octanol–water partition coefficient (Wildman–Crippen LogP) is 28.9. The molecule has 2 nitrogen and oxygen atoms in total. The lowest BCUT2D eigenvalue weighted by Gasteiger charge is -2.22. The van der Waals surface area contributed by atoms with Crippen LogP contribution in [0.15, 0.2) is 411 Å². The van der Waals surface area contributed by atoms with E-state index in [9.17, 15) is 0 Å². The molecule has 0 heterocycles. The van der Waals surface area contributed by atoms with Crippen LogP contribution in [0, 0.1) is 0 Å². The lowest BCUT2D eigenvalue weighted by atomic mass is 9.81. The SMILES string of the molecule is CC1(C)c2cc(Br)ccc2-c2ccc(-c3cc4ccccc4c4ccccc34)cc21.c1ccc(-c2ccc(-c3ccc(Nc4ccc(-c5ccc(-c6ccccc6)cc5)cc4)cc3)cc2)cc1.c1ccc(-c2ccc(-c3ccc(Nc4ccc(-c5cccc(-c6ccccc6)c5)cc4)cc3)cc2)cc1. The third-order valence-corrected chi connectivity index (χ3v) is 20.6. The van der Waals surface area contributed by atoms with Crippen LogP contribution in [0.25, 0.3) is 133 Å². The minimum Gasteiger partial charge on any atom is -0.356 e. The molecule has 0 unspecified atom stereocenters. The van der Waals surface area contributed by atoms with Crippen molar-refractivity contribution in [2.75, 3.05) is 10.6 Å². The summed E-state index contributed by atoms with van der Waals surface area (Å²) in [5, 5.41) is 12.3. The lowest BCUT2D eigenvalue weighted by molar-refractivity contribution is 0.660. The van der Waals surface area contributed by atoms with Crippen LogP contribution in [0.2, 0.25) is 0 Å². The molecule has 1 aliphatic carbocycles. The first-order valence-electron chi connectivity index (χ1n) is 35.6. The van der Waals surface area contributed by atoms with Crippen molar-refractivity contribution < 1.29 is 0 Å². The van der Waals surface area contributed by atoms with E-state index in [1.807, 2.05) is 18.2 Å². The van der Waals surface area contributed by atoms with E-state index in [2.05, 4.69) is 429 Å². The quantitative estimate of drug-likeness (QED) is 0.112. The minimum absolute atomic E-state index is 0.0168. The summed E-state index contributed by atoms with van der Waals surface area (Å²) in [5.41, 5.74) is 32.0. The summed E-state index contributed by atoms with van der Waals surface area (Å²) in [6, 6.07) is 145. The highest BCUT2D eigenvalue weighted by molar-refractivity contribution is 9.10. The average Bonchev–Trinajstić information content (AvgIpc) is 1.66. The fraction of sp³-hybridized carbons (Fsp3) is 0.0297. The van der Waals surface area contributed by atoms with E-state index in [-0.39, 0.29) is 5.41 Å². The van der Waals surface area contributed by atoms with Gasteiger partial charge in [0.1, 0.15) is 0 Å². The Morgan fingerprint density at radius 2 is 0.462 bits per heavy atom. The first kappa shape index (κ1) is 65.9. The number of fused-ring (bicyclic) bond motifs is 6. The molecule has 0 aliphatic heterocycles. The number of halogens is 1. The summed E-state index contributed by atoms with van der Waals surface area (Å²) in [5.74, 6) is 0. The topological polar surface area (TPSA) is 24.1 Å². The molecule has 2 N–H and O–H groups in total. The molecule has 0 saturated heterocycles. The van der Waals surface area contributed by atoms with Crippen molar-refractivity contribution >= 4 is 60.2 Å². The van der Waals surface area contributed by atoms with Gasteiger partial charge in [-0.3, -0.25) is 0 Å². The molecule has 104 heavy (non-hydrogen) atoms. The van der Waals surface area contributed by atoms with Crippen molar-refractivity contribution in [3.8, 4) is 111 Å². The molecule has 0 amide bonds. The Morgan fingerprint density at radius 1 is 0.192 bits per heavy atom. The summed E-state index contributed by atoms with van der Waals surface area (Å²) in [6.07, 6.45) is 0. The molecule has 496 valence electrons. The van der Waals surface area contributed by atoms with Gasteiger partial charge in [0.25, 0.3) is 0 Å². The fourth-order valence-corrected chi connectivity index (χ4v) is 14.8. The van der Waals surface area contributed by atoms with Gasteiger partial charge in [-0.1, -0.05) is 357 Å². The van der Waals surface area contributed by atoms with Crippen LogP contribution in [0.4, 0.5) is 22.7 Å². The van der Waals surface area contributed by atoms with Crippen LogP contribution < -0.4 is 10.6 Å². The average molecular weight is 1400 g/mol. The van der Waals surface area contributed by atoms with Gasteiger partial charge < -0.3 is 10.6 Å². The molecular formula is C101H75BrN2. The Labute approximate surface area is 619 Å². The number of benzene rings is 17. The third kappa shape index (κ3) is 14.5. The second-order valence-corrected chi connectivity index (χ2v) is 28.0. The Hall–Kier alpha value is -12.7. The summed E-state index contributed by atoms with van der Waals surface area (Å²) >= 11 is 3.66. The number of nitrogens with one attached hydrogen (secondary N) is 2. The molecular weight excluding hydrogens is 1320 g/mol. The van der Waals surface area contributed by atoms with Crippen molar-refractivity contribution in [3.05, 3.63) is 422 Å². The molecule has 0 spiro atoms. The molecule has 18 rings (SSSR count). The van der Waals surface area contributed by atoms with Crippen molar-refractivity contribution in [2.24, 2.45) is 0 Å². The predicted molar refractivity (Wildman–Crippen MR) is 448 cm³/mol. The molecule has 17 aromatic carbocycles. The number of hydrogen-bond acceptors (Lipinski definition) is 2. The van der Waals surface area contributed by atoms with Crippen molar-refractivity contribution in [2.45, 2.75) is 19.3 Å². The van der Waals surface area contributed by atoms with Crippen molar-refractivity contribution in [1.29, 1.82) is 0 Å². The highest BCUT2D eigenvalue weighted by Gasteiger charge is 2.36. The van der Waals surface area contributed by atoms with Crippen LogP contribution in [-0.2, 0) is 5.41 Å². The van der Waals surface area contributed by atoms with Crippen LogP contribution in [0.5, 0.6) is 0 Å². The largest absolute Gasteiger partial charge is 0.356 e. The first-order chi connectivity index (χ1) is 51.2. The minimum atomic E-state index is -0.0168. The fourth-order valence-electron chi connectivity index (χ4n) is 14.5. The van der Waals surface area contributed by atoms with E-state index in [0.717, 1.165) is 27.2 Å². The van der Waals surface area contributed by atoms with E-state index >= 15 is 0 Å². The zero-order valence-electron chi connectivity index (χ0n) is 58.1. The summed E-state index contributed by atoms with van der Waals surface area (Å²) < 4.78 is 1.14. The Bertz CT molecular complexity index is 5660. The molecule has 0 saturated carbocycles. The van der Waals surface area contributed by atoms with Gasteiger partial charge in [-0.05, 0) is 223 Å². The van der Waals surface area contributed by atoms with E-state index in [4.69, 9.17) is 0 Å². The molecule has 0 radical (unpaired) electrons. The van der Waals surface area contributed by atoms with Crippen LogP contribution in [0.3, 0.4) is 0 Å². The summed E-state index contributed by atoms with van der Waals surface area (Å²) in [6.45, 7) is 4.68. The Kier molecular flexibility index (Phi) is 18.9. The van der Waals surface area contributed by atoms with Crippen LogP contribution in [-0.4, -0.2) is 0 Å². The van der Waals surface area contributed by atoms with E-state index in [1.165, 1.54) is 144 Å². The summed E-state index contributed by atoms with van der Waals surface area (Å²) in [4.78, 5) is 0. The molecule has 0 aromatic heterocycles. The smallest absolute Gasteiger partial charge is 0.0384 e. The van der Waals surface area contributed by atoms with Gasteiger partial charge in [-0.15, -0.1) is 0 Å². The normalized spacial score (nSPS) is 11.7. The maximum atomic E-state index is 3.66. The standard InChI is InChI=1S/2C36H27N.C29H21Br/c1-3-8-27(9-4-1)29-14-16-30(17-15-29)31-18-22-35(23-19-31)37-36-24-20-32(21-25-36)34-13-7-12-33(26-34)28-10-5-2-6-11-28;1-3-7-27(8-4-1)29-11-15-31(16-12-29)33-19-23-35(24-20-33)37-36-25-21-34(22-26-36)32-17-13-30(14-18-32)28-9-5-2-6-10-28;1-29(2)27-16-19(11-13-24(27)25-14-12-20(30)17-28(25)29)26-15-18-7-3-4-8-21(18)22-9-5-6-10-23(22)26/h2*1-26,37H;3-17H,1-2H3. The molecule has 0 atom stereocenters. The van der Waals surface area contributed by atoms with Crippen LogP contribution >= 0.6 is 15.9 Å². The monoisotopic (exact) mass is 1390 g/mol. The number of rotatable bonds is 13. The molecule has 0 fully saturated rings. The zero-order chi connectivity index (χ0) is 70.2. The number of anilines is 4. The highest BCUT2D eigenvalue weighted by atomic mass is 79.9. The lowest BCUT2D eigenvalue weighted by Crippen LogP contribution is -2.15. The van der Waals surface area contributed by atoms with Crippen molar-refractivity contribution in [1.82, 2.24) is 0 Å². The van der Waals surface area contributed by atoms with E-state index in [0.29, 0.717) is 0 Å². The second-order valence-electron chi connectivity index (χ2n) is 27.1. The van der Waals surface area contributed by atoms with Gasteiger partial charge >= 0.3 is 0 Å². The van der Waals surface area contributed by atoms with E-state index < -0.39 is 0 Å². The molecule has 17 aromatic rings. The maximum absolute atomic E-state index is 3.66. The van der Waals surface area contributed by atoms with Crippen molar-refractivity contribution in [3.63, 3.8) is 0 Å². The first-order valence-corrected chi connectivity index (χ1v) is 36.4. The maximum Gasteiger partial charge on any atom is 0.0384 e. The van der Waals surface area contributed by atoms with Crippen LogP contribution in [0.1, 0.15) is 25.0 Å². The van der Waals surface area contributed by atoms with E-state index in [1.54, 1.807) is 0 Å². The van der Waals surface area contributed by atoms with Gasteiger partial charge in [-0.2, -0.15) is 0 Å². The molecule has 0 bridgehead atoms. The van der Waals surface area contributed by atoms with Gasteiger partial charge in [0.2, 0.25) is 0 Å². The second kappa shape index (κ2) is 29.9.